The summed E-state index contributed by atoms with van der Waals surface area (Å²) < 4.78 is 32.5. The number of H-pyrrole nitrogens is 1. The van der Waals surface area contributed by atoms with Crippen LogP contribution in [-0.2, 0) is 6.61 Å². The Balaban J connectivity index is 1.56. The van der Waals surface area contributed by atoms with E-state index in [1.54, 1.807) is 54.9 Å². The number of rotatable bonds is 8. The zero-order valence-electron chi connectivity index (χ0n) is 16.6. The second-order valence-corrected chi connectivity index (χ2v) is 6.79. The number of halogens is 1. The van der Waals surface area contributed by atoms with Crippen molar-refractivity contribution < 1.29 is 18.3 Å². The van der Waals surface area contributed by atoms with Crippen LogP contribution in [0.25, 0.3) is 11.6 Å². The molecular weight excluding hydrogens is 419 g/mol. The fraction of sp³-hybridized carbons (Fsp3) is 0.136. The number of nitrogens with zero attached hydrogens (tertiary/aromatic N) is 3. The molecule has 0 saturated heterocycles. The van der Waals surface area contributed by atoms with Crippen molar-refractivity contribution in [2.24, 2.45) is 5.10 Å². The molecule has 0 saturated carbocycles. The monoisotopic (exact) mass is 438 g/mol. The summed E-state index contributed by atoms with van der Waals surface area (Å²) in [7, 11) is 0. The lowest BCUT2D eigenvalue weighted by Gasteiger charge is -2.13. The molecule has 4 aromatic rings. The second-order valence-electron chi connectivity index (χ2n) is 6.41. The van der Waals surface area contributed by atoms with E-state index in [9.17, 15) is 4.39 Å². The van der Waals surface area contributed by atoms with Crippen molar-refractivity contribution in [1.29, 1.82) is 0 Å². The van der Waals surface area contributed by atoms with Gasteiger partial charge in [-0.3, -0.25) is 0 Å². The van der Waals surface area contributed by atoms with Gasteiger partial charge in [-0.15, -0.1) is 5.10 Å². The first-order chi connectivity index (χ1) is 15.2. The first-order valence-electron chi connectivity index (χ1n) is 9.54. The topological polar surface area (TPSA) is 77.6 Å². The average molecular weight is 438 g/mol. The van der Waals surface area contributed by atoms with Gasteiger partial charge < -0.3 is 13.9 Å². The van der Waals surface area contributed by atoms with E-state index < -0.39 is 0 Å². The van der Waals surface area contributed by atoms with Crippen molar-refractivity contribution in [3.05, 3.63) is 82.6 Å². The number of ether oxygens (including phenoxy) is 2. The van der Waals surface area contributed by atoms with E-state index in [1.165, 1.54) is 10.7 Å². The smallest absolute Gasteiger partial charge is 0.219 e. The Bertz CT molecular complexity index is 1250. The van der Waals surface area contributed by atoms with Crippen LogP contribution in [0.1, 0.15) is 18.1 Å². The Morgan fingerprint density at radius 1 is 1.16 bits per heavy atom. The molecule has 0 aliphatic rings. The average Bonchev–Trinajstić information content (AvgIpc) is 3.42. The SMILES string of the molecule is CCOc1cc(/C=N\n2c(-c3ccco3)n[nH]c2=S)ccc1OCc1ccccc1F. The summed E-state index contributed by atoms with van der Waals surface area (Å²) in [5, 5.41) is 11.3. The largest absolute Gasteiger partial charge is 0.490 e. The van der Waals surface area contributed by atoms with Crippen molar-refractivity contribution in [2.75, 3.05) is 6.61 Å². The molecule has 0 fully saturated rings. The zero-order chi connectivity index (χ0) is 21.6. The van der Waals surface area contributed by atoms with Gasteiger partial charge in [0.2, 0.25) is 10.6 Å². The molecule has 4 rings (SSSR count). The molecular formula is C22H19FN4O3S. The molecule has 158 valence electrons. The normalized spacial score (nSPS) is 11.2. The van der Waals surface area contributed by atoms with Crippen LogP contribution in [0.4, 0.5) is 4.39 Å². The molecule has 9 heteroatoms. The third kappa shape index (κ3) is 4.72. The molecule has 31 heavy (non-hydrogen) atoms. The van der Waals surface area contributed by atoms with Gasteiger partial charge in [0.1, 0.15) is 12.4 Å². The fourth-order valence-electron chi connectivity index (χ4n) is 2.85. The van der Waals surface area contributed by atoms with Crippen molar-refractivity contribution in [3.63, 3.8) is 0 Å². The van der Waals surface area contributed by atoms with Crippen LogP contribution < -0.4 is 9.47 Å². The van der Waals surface area contributed by atoms with Crippen molar-refractivity contribution in [2.45, 2.75) is 13.5 Å². The molecule has 0 aliphatic carbocycles. The molecule has 0 radical (unpaired) electrons. The number of aromatic amines is 1. The van der Waals surface area contributed by atoms with E-state index in [4.69, 9.17) is 26.1 Å². The molecule has 2 heterocycles. The van der Waals surface area contributed by atoms with E-state index in [0.717, 1.165) is 5.56 Å². The number of nitrogens with one attached hydrogen (secondary N) is 1. The van der Waals surface area contributed by atoms with Crippen LogP contribution in [0.5, 0.6) is 11.5 Å². The lowest BCUT2D eigenvalue weighted by Crippen LogP contribution is -2.02. The summed E-state index contributed by atoms with van der Waals surface area (Å²) in [6.07, 6.45) is 3.18. The maximum Gasteiger partial charge on any atom is 0.219 e. The van der Waals surface area contributed by atoms with Crippen LogP contribution in [-0.4, -0.2) is 27.7 Å². The number of hydrogen-bond donors (Lipinski definition) is 1. The first kappa shape index (κ1) is 20.5. The highest BCUT2D eigenvalue weighted by molar-refractivity contribution is 7.71. The number of aromatic nitrogens is 3. The molecule has 2 aromatic heterocycles. The molecule has 0 bridgehead atoms. The second kappa shape index (κ2) is 9.40. The molecule has 2 aromatic carbocycles. The quantitative estimate of drug-likeness (QED) is 0.302. The van der Waals surface area contributed by atoms with Crippen molar-refractivity contribution in [1.82, 2.24) is 14.9 Å². The van der Waals surface area contributed by atoms with Gasteiger partial charge >= 0.3 is 0 Å². The third-order valence-corrected chi connectivity index (χ3v) is 4.59. The zero-order valence-corrected chi connectivity index (χ0v) is 17.4. The van der Waals surface area contributed by atoms with Gasteiger partial charge in [0.15, 0.2) is 17.3 Å². The van der Waals surface area contributed by atoms with Gasteiger partial charge in [0.25, 0.3) is 0 Å². The summed E-state index contributed by atoms with van der Waals surface area (Å²) in [6, 6.07) is 15.4. The van der Waals surface area contributed by atoms with E-state index in [2.05, 4.69) is 15.3 Å². The van der Waals surface area contributed by atoms with E-state index >= 15 is 0 Å². The Hall–Kier alpha value is -3.72. The maximum atomic E-state index is 13.9. The minimum atomic E-state index is -0.312. The van der Waals surface area contributed by atoms with E-state index in [0.29, 0.717) is 40.0 Å². The molecule has 7 nitrogen and oxygen atoms in total. The van der Waals surface area contributed by atoms with Gasteiger partial charge in [-0.1, -0.05) is 18.2 Å². The molecule has 0 spiro atoms. The highest BCUT2D eigenvalue weighted by atomic mass is 32.1. The van der Waals surface area contributed by atoms with E-state index in [1.807, 2.05) is 13.0 Å². The lowest BCUT2D eigenvalue weighted by molar-refractivity contribution is 0.266. The van der Waals surface area contributed by atoms with Gasteiger partial charge in [-0.05, 0) is 61.1 Å². The highest BCUT2D eigenvalue weighted by Crippen LogP contribution is 2.29. The van der Waals surface area contributed by atoms with E-state index in [-0.39, 0.29) is 12.4 Å². The minimum Gasteiger partial charge on any atom is -0.490 e. The predicted octanol–water partition coefficient (Wildman–Crippen LogP) is 5.20. The predicted molar refractivity (Wildman–Crippen MR) is 116 cm³/mol. The van der Waals surface area contributed by atoms with Crippen LogP contribution in [0, 0.1) is 10.6 Å². The Kier molecular flexibility index (Phi) is 6.23. The lowest BCUT2D eigenvalue weighted by atomic mass is 10.2. The summed E-state index contributed by atoms with van der Waals surface area (Å²) >= 11 is 5.26. The fourth-order valence-corrected chi connectivity index (χ4v) is 3.03. The number of furan rings is 1. The van der Waals surface area contributed by atoms with Gasteiger partial charge in [-0.2, -0.15) is 9.78 Å². The standard InChI is InChI=1S/C22H19FN4O3S/c1-2-28-20-12-15(9-10-18(20)30-14-16-6-3-4-7-17(16)23)13-24-27-21(25-26-22(27)31)19-8-5-11-29-19/h3-13H,2,14H2,1H3,(H,26,31)/b24-13-. The minimum absolute atomic E-state index is 0.0941. The van der Waals surface area contributed by atoms with Crippen LogP contribution in [0.15, 0.2) is 70.4 Å². The summed E-state index contributed by atoms with van der Waals surface area (Å²) in [6.45, 7) is 2.42. The Morgan fingerprint density at radius 2 is 2.03 bits per heavy atom. The van der Waals surface area contributed by atoms with Gasteiger partial charge in [0, 0.05) is 5.56 Å². The molecule has 0 unspecified atom stereocenters. The third-order valence-electron chi connectivity index (χ3n) is 4.32. The maximum absolute atomic E-state index is 13.9. The molecule has 0 aliphatic heterocycles. The Labute approximate surface area is 182 Å². The number of hydrogen-bond acceptors (Lipinski definition) is 6. The highest BCUT2D eigenvalue weighted by Gasteiger charge is 2.11. The molecule has 1 N–H and O–H groups in total. The summed E-state index contributed by atoms with van der Waals surface area (Å²) in [5.74, 6) is 1.73. The van der Waals surface area contributed by atoms with Gasteiger partial charge in [-0.25, -0.2) is 9.49 Å². The van der Waals surface area contributed by atoms with Crippen LogP contribution in [0.3, 0.4) is 0 Å². The summed E-state index contributed by atoms with van der Waals surface area (Å²) in [4.78, 5) is 0. The van der Waals surface area contributed by atoms with Crippen LogP contribution in [0.2, 0.25) is 0 Å². The molecule has 0 atom stereocenters. The van der Waals surface area contributed by atoms with Crippen LogP contribution >= 0.6 is 12.2 Å². The summed E-state index contributed by atoms with van der Waals surface area (Å²) in [5.41, 5.74) is 1.23. The van der Waals surface area contributed by atoms with Gasteiger partial charge in [0.05, 0.1) is 19.1 Å². The van der Waals surface area contributed by atoms with Crippen molar-refractivity contribution >= 4 is 18.4 Å². The number of benzene rings is 2. The first-order valence-corrected chi connectivity index (χ1v) is 9.95. The molecule has 0 amide bonds. The Morgan fingerprint density at radius 3 is 2.81 bits per heavy atom. The van der Waals surface area contributed by atoms with Crippen molar-refractivity contribution in [3.8, 4) is 23.1 Å².